The van der Waals surface area contributed by atoms with Gasteiger partial charge in [-0.1, -0.05) is 0 Å². The molecule has 1 aromatic carbocycles. The quantitative estimate of drug-likeness (QED) is 0.709. The minimum Gasteiger partial charge on any atom is -0.497 e. The van der Waals surface area contributed by atoms with E-state index >= 15 is 0 Å². The first kappa shape index (κ1) is 16.8. The first-order chi connectivity index (χ1) is 9.85. The van der Waals surface area contributed by atoms with Crippen LogP contribution in [0.15, 0.2) is 23.1 Å². The smallest absolute Gasteiger partial charge is 0.322 e. The molecule has 0 heterocycles. The lowest BCUT2D eigenvalue weighted by molar-refractivity contribution is -0.138. The van der Waals surface area contributed by atoms with Crippen LogP contribution in [0.2, 0.25) is 0 Å². The number of benzene rings is 1. The van der Waals surface area contributed by atoms with Crippen molar-refractivity contribution in [1.29, 1.82) is 0 Å². The second-order valence-corrected chi connectivity index (χ2v) is 5.62. The first-order valence-electron chi connectivity index (χ1n) is 5.76. The number of terminal acetylenes is 1. The zero-order valence-corrected chi connectivity index (χ0v) is 12.3. The molecule has 0 bridgehead atoms. The lowest BCUT2D eigenvalue weighted by Crippen LogP contribution is -2.40. The Morgan fingerprint density at radius 1 is 1.43 bits per heavy atom. The third kappa shape index (κ3) is 4.11. The van der Waals surface area contributed by atoms with E-state index in [4.69, 9.17) is 21.0 Å². The Hall–Kier alpha value is -2.24. The van der Waals surface area contributed by atoms with E-state index in [1.807, 2.05) is 4.72 Å². The molecule has 7 nitrogen and oxygen atoms in total. The highest BCUT2D eigenvalue weighted by atomic mass is 32.2. The third-order valence-electron chi connectivity index (χ3n) is 2.58. The lowest BCUT2D eigenvalue weighted by atomic mass is 10.2. The van der Waals surface area contributed by atoms with Crippen LogP contribution in [0.25, 0.3) is 0 Å². The molecule has 114 valence electrons. The number of ether oxygens (including phenoxy) is 2. The van der Waals surface area contributed by atoms with Crippen LogP contribution in [-0.2, 0) is 14.8 Å². The van der Waals surface area contributed by atoms with Crippen LogP contribution in [0.4, 0.5) is 0 Å². The highest BCUT2D eigenvalue weighted by Gasteiger charge is 2.27. The number of hydrogen-bond acceptors (Lipinski definition) is 5. The van der Waals surface area contributed by atoms with Crippen molar-refractivity contribution in [3.63, 3.8) is 0 Å². The number of carboxylic acids is 1. The SMILES string of the molecule is C#CCC(NS(=O)(=O)c1ccc(OC)cc1OC)C(=O)O. The van der Waals surface area contributed by atoms with Crippen LogP contribution in [0.5, 0.6) is 11.5 Å². The van der Waals surface area contributed by atoms with Crippen LogP contribution < -0.4 is 14.2 Å². The molecule has 0 aliphatic carbocycles. The van der Waals surface area contributed by atoms with E-state index in [0.29, 0.717) is 5.75 Å². The summed E-state index contributed by atoms with van der Waals surface area (Å²) in [5.74, 6) is 1.19. The van der Waals surface area contributed by atoms with Crippen molar-refractivity contribution >= 4 is 16.0 Å². The second-order valence-electron chi connectivity index (χ2n) is 3.94. The molecule has 0 fully saturated rings. The van der Waals surface area contributed by atoms with Gasteiger partial charge in [-0.25, -0.2) is 8.42 Å². The van der Waals surface area contributed by atoms with Gasteiger partial charge in [0, 0.05) is 12.5 Å². The van der Waals surface area contributed by atoms with E-state index in [1.165, 1.54) is 32.4 Å². The maximum Gasteiger partial charge on any atom is 0.322 e. The molecule has 0 saturated heterocycles. The summed E-state index contributed by atoms with van der Waals surface area (Å²) in [6.07, 6.45) is 4.76. The minimum absolute atomic E-state index is 0.0340. The molecule has 1 rings (SSSR count). The fourth-order valence-electron chi connectivity index (χ4n) is 1.54. The van der Waals surface area contributed by atoms with E-state index in [1.54, 1.807) is 0 Å². The van der Waals surface area contributed by atoms with Gasteiger partial charge in [0.05, 0.1) is 14.2 Å². The minimum atomic E-state index is -4.10. The molecule has 0 aliphatic rings. The molecule has 0 saturated carbocycles. The fourth-order valence-corrected chi connectivity index (χ4v) is 2.88. The largest absolute Gasteiger partial charge is 0.497 e. The zero-order valence-electron chi connectivity index (χ0n) is 11.5. The summed E-state index contributed by atoms with van der Waals surface area (Å²) in [6, 6.07) is 2.65. The van der Waals surface area contributed by atoms with Crippen molar-refractivity contribution in [2.24, 2.45) is 0 Å². The number of hydrogen-bond donors (Lipinski definition) is 2. The van der Waals surface area contributed by atoms with Crippen molar-refractivity contribution in [3.8, 4) is 23.8 Å². The Morgan fingerprint density at radius 2 is 2.10 bits per heavy atom. The maximum absolute atomic E-state index is 12.2. The average Bonchev–Trinajstić information content (AvgIpc) is 2.45. The summed E-state index contributed by atoms with van der Waals surface area (Å²) in [7, 11) is -1.38. The van der Waals surface area contributed by atoms with E-state index in [-0.39, 0.29) is 17.1 Å². The van der Waals surface area contributed by atoms with Gasteiger partial charge in [0.1, 0.15) is 22.4 Å². The first-order valence-corrected chi connectivity index (χ1v) is 7.24. The Bertz CT molecular complexity index is 662. The van der Waals surface area contributed by atoms with E-state index in [2.05, 4.69) is 5.92 Å². The molecule has 8 heteroatoms. The molecular weight excluding hydrogens is 298 g/mol. The van der Waals surface area contributed by atoms with Gasteiger partial charge < -0.3 is 14.6 Å². The molecular formula is C13H15NO6S. The predicted octanol–water partition coefficient (Wildman–Crippen LogP) is 0.459. The summed E-state index contributed by atoms with van der Waals surface area (Å²) in [6.45, 7) is 0. The summed E-state index contributed by atoms with van der Waals surface area (Å²) >= 11 is 0. The standard InChI is InChI=1S/C13H15NO6S/c1-4-5-10(13(15)16)14-21(17,18)12-7-6-9(19-2)8-11(12)20-3/h1,6-8,10,14H,5H2,2-3H3,(H,15,16). The van der Waals surface area contributed by atoms with Crippen molar-refractivity contribution < 1.29 is 27.8 Å². The summed E-state index contributed by atoms with van der Waals surface area (Å²) < 4.78 is 36.5. The number of methoxy groups -OCH3 is 2. The van der Waals surface area contributed by atoms with Gasteiger partial charge in [0.2, 0.25) is 10.0 Å². The Labute approximate surface area is 122 Å². The molecule has 2 N–H and O–H groups in total. The number of carboxylic acid groups (broad SMARTS) is 1. The second kappa shape index (κ2) is 6.97. The highest BCUT2D eigenvalue weighted by molar-refractivity contribution is 7.89. The third-order valence-corrected chi connectivity index (χ3v) is 4.09. The summed E-state index contributed by atoms with van der Waals surface area (Å²) in [5.41, 5.74) is 0. The molecule has 0 amide bonds. The van der Waals surface area contributed by atoms with Crippen molar-refractivity contribution in [3.05, 3.63) is 18.2 Å². The van der Waals surface area contributed by atoms with Crippen LogP contribution >= 0.6 is 0 Å². The van der Waals surface area contributed by atoms with E-state index in [0.717, 1.165) is 0 Å². The van der Waals surface area contributed by atoms with Gasteiger partial charge in [-0.15, -0.1) is 12.3 Å². The van der Waals surface area contributed by atoms with Crippen LogP contribution in [0, 0.1) is 12.3 Å². The van der Waals surface area contributed by atoms with E-state index < -0.39 is 22.0 Å². The number of nitrogens with one attached hydrogen (secondary N) is 1. The lowest BCUT2D eigenvalue weighted by Gasteiger charge is -2.15. The van der Waals surface area contributed by atoms with Crippen LogP contribution in [0.1, 0.15) is 6.42 Å². The Balaban J connectivity index is 3.19. The number of rotatable bonds is 7. The molecule has 1 aromatic rings. The van der Waals surface area contributed by atoms with Crippen molar-refractivity contribution in [1.82, 2.24) is 4.72 Å². The Kier molecular flexibility index (Phi) is 5.58. The average molecular weight is 313 g/mol. The van der Waals surface area contributed by atoms with Crippen LogP contribution in [0.3, 0.4) is 0 Å². The van der Waals surface area contributed by atoms with Gasteiger partial charge in [-0.2, -0.15) is 4.72 Å². The molecule has 0 aromatic heterocycles. The van der Waals surface area contributed by atoms with Gasteiger partial charge in [0.15, 0.2) is 0 Å². The number of carbonyl (C=O) groups is 1. The predicted molar refractivity (Wildman–Crippen MR) is 74.7 cm³/mol. The molecule has 0 radical (unpaired) electrons. The van der Waals surface area contributed by atoms with Gasteiger partial charge in [-0.05, 0) is 12.1 Å². The van der Waals surface area contributed by atoms with Gasteiger partial charge in [-0.3, -0.25) is 4.79 Å². The topological polar surface area (TPSA) is 102 Å². The van der Waals surface area contributed by atoms with Crippen molar-refractivity contribution in [2.45, 2.75) is 17.4 Å². The summed E-state index contributed by atoms with van der Waals surface area (Å²) in [4.78, 5) is 10.8. The fraction of sp³-hybridized carbons (Fsp3) is 0.308. The monoisotopic (exact) mass is 313 g/mol. The molecule has 0 spiro atoms. The zero-order chi connectivity index (χ0) is 16.0. The molecule has 21 heavy (non-hydrogen) atoms. The number of aliphatic carboxylic acids is 1. The molecule has 0 aliphatic heterocycles. The number of sulfonamides is 1. The van der Waals surface area contributed by atoms with Crippen LogP contribution in [-0.4, -0.2) is 39.8 Å². The van der Waals surface area contributed by atoms with Gasteiger partial charge >= 0.3 is 5.97 Å². The van der Waals surface area contributed by atoms with Gasteiger partial charge in [0.25, 0.3) is 0 Å². The van der Waals surface area contributed by atoms with E-state index in [9.17, 15) is 13.2 Å². The van der Waals surface area contributed by atoms with Crippen molar-refractivity contribution in [2.75, 3.05) is 14.2 Å². The normalized spacial score (nSPS) is 12.2. The molecule has 1 atom stereocenters. The summed E-state index contributed by atoms with van der Waals surface area (Å²) in [5, 5.41) is 8.95. The maximum atomic E-state index is 12.2. The molecule has 1 unspecified atom stereocenters. The highest BCUT2D eigenvalue weighted by Crippen LogP contribution is 2.28. The Morgan fingerprint density at radius 3 is 2.57 bits per heavy atom.